The molecule has 0 bridgehead atoms. The highest BCUT2D eigenvalue weighted by molar-refractivity contribution is 6.31. The number of rotatable bonds is 8. The molecule has 1 N–H and O–H groups in total. The van der Waals surface area contributed by atoms with Crippen molar-refractivity contribution in [2.45, 2.75) is 33.1 Å². The third kappa shape index (κ3) is 5.11. The molecule has 0 atom stereocenters. The molecule has 28 heavy (non-hydrogen) atoms. The second-order valence-corrected chi connectivity index (χ2v) is 7.73. The molecule has 1 aliphatic rings. The molecule has 2 aromatic rings. The van der Waals surface area contributed by atoms with E-state index in [4.69, 9.17) is 11.6 Å². The van der Waals surface area contributed by atoms with Gasteiger partial charge in [0.25, 0.3) is 0 Å². The second kappa shape index (κ2) is 10.0. The number of benzene rings is 1. The summed E-state index contributed by atoms with van der Waals surface area (Å²) < 4.78 is 0. The number of carbonyl (C=O) groups is 1. The fraction of sp³-hybridized carbons (Fsp3) is 0.571. The van der Waals surface area contributed by atoms with Crippen molar-refractivity contribution in [3.63, 3.8) is 0 Å². The number of hydrogen-bond donors (Lipinski definition) is 1. The number of aromatic nitrogens is 2. The lowest BCUT2D eigenvalue weighted by molar-refractivity contribution is -0.125. The van der Waals surface area contributed by atoms with Crippen molar-refractivity contribution >= 4 is 34.2 Å². The lowest BCUT2D eigenvalue weighted by Crippen LogP contribution is -2.41. The Kier molecular flexibility index (Phi) is 7.45. The quantitative estimate of drug-likeness (QED) is 0.685. The van der Waals surface area contributed by atoms with Gasteiger partial charge in [-0.2, -0.15) is 0 Å². The van der Waals surface area contributed by atoms with Crippen molar-refractivity contribution in [1.29, 1.82) is 0 Å². The van der Waals surface area contributed by atoms with Gasteiger partial charge in [-0.25, -0.2) is 9.97 Å². The van der Waals surface area contributed by atoms with Gasteiger partial charge in [0.1, 0.15) is 12.1 Å². The van der Waals surface area contributed by atoms with E-state index >= 15 is 0 Å². The summed E-state index contributed by atoms with van der Waals surface area (Å²) in [6.45, 7) is 9.91. The van der Waals surface area contributed by atoms with Crippen molar-refractivity contribution in [2.24, 2.45) is 5.92 Å². The van der Waals surface area contributed by atoms with Gasteiger partial charge in [0, 0.05) is 36.0 Å². The minimum absolute atomic E-state index is 0.0900. The number of amides is 1. The van der Waals surface area contributed by atoms with Crippen LogP contribution in [0.1, 0.15) is 33.1 Å². The molecule has 0 aliphatic carbocycles. The van der Waals surface area contributed by atoms with Gasteiger partial charge in [0.2, 0.25) is 5.91 Å². The zero-order valence-electron chi connectivity index (χ0n) is 16.8. The zero-order valence-corrected chi connectivity index (χ0v) is 17.6. The molecule has 1 saturated heterocycles. The van der Waals surface area contributed by atoms with Gasteiger partial charge in [-0.1, -0.05) is 25.4 Å². The summed E-state index contributed by atoms with van der Waals surface area (Å²) in [5.41, 5.74) is 0.852. The van der Waals surface area contributed by atoms with E-state index in [1.54, 1.807) is 6.33 Å². The minimum Gasteiger partial charge on any atom is -0.356 e. The van der Waals surface area contributed by atoms with Gasteiger partial charge in [-0.15, -0.1) is 0 Å². The summed E-state index contributed by atoms with van der Waals surface area (Å²) in [6.07, 6.45) is 4.28. The molecule has 1 aliphatic heterocycles. The third-order valence-corrected chi connectivity index (χ3v) is 5.82. The summed E-state index contributed by atoms with van der Waals surface area (Å²) in [7, 11) is 0. The molecule has 152 valence electrons. The standard InChI is InChI=1S/C21H30ClN5O/c1-3-26(4-2)11-5-10-23-21(28)16-8-12-27(13-9-16)20-18-7-6-17(22)14-19(18)24-15-25-20/h6-7,14-16H,3-5,8-13H2,1-2H3,(H,23,28). The number of nitrogens with one attached hydrogen (secondary N) is 1. The molecule has 0 saturated carbocycles. The van der Waals surface area contributed by atoms with Crippen LogP contribution in [-0.4, -0.2) is 60.0 Å². The second-order valence-electron chi connectivity index (χ2n) is 7.29. The molecule has 7 heteroatoms. The smallest absolute Gasteiger partial charge is 0.223 e. The fourth-order valence-corrected chi connectivity index (χ4v) is 3.99. The Bertz CT molecular complexity index is 787. The Hall–Kier alpha value is -1.92. The van der Waals surface area contributed by atoms with E-state index < -0.39 is 0 Å². The molecule has 1 amide bonds. The van der Waals surface area contributed by atoms with E-state index in [-0.39, 0.29) is 11.8 Å². The molecule has 6 nitrogen and oxygen atoms in total. The van der Waals surface area contributed by atoms with Gasteiger partial charge >= 0.3 is 0 Å². The predicted molar refractivity (Wildman–Crippen MR) is 115 cm³/mol. The number of nitrogens with zero attached hydrogens (tertiary/aromatic N) is 4. The Morgan fingerprint density at radius 3 is 2.71 bits per heavy atom. The highest BCUT2D eigenvalue weighted by Crippen LogP contribution is 2.28. The fourth-order valence-electron chi connectivity index (χ4n) is 3.82. The molecular formula is C21H30ClN5O. The molecule has 0 spiro atoms. The first-order valence-corrected chi connectivity index (χ1v) is 10.7. The number of fused-ring (bicyclic) bond motifs is 1. The lowest BCUT2D eigenvalue weighted by Gasteiger charge is -2.32. The zero-order chi connectivity index (χ0) is 19.9. The predicted octanol–water partition coefficient (Wildman–Crippen LogP) is 3.35. The monoisotopic (exact) mass is 403 g/mol. The van der Waals surface area contributed by atoms with Crippen LogP contribution in [0.5, 0.6) is 0 Å². The normalized spacial score (nSPS) is 15.4. The average Bonchev–Trinajstić information content (AvgIpc) is 2.73. The van der Waals surface area contributed by atoms with Gasteiger partial charge < -0.3 is 15.1 Å². The van der Waals surface area contributed by atoms with Crippen LogP contribution in [0.25, 0.3) is 10.9 Å². The van der Waals surface area contributed by atoms with Crippen LogP contribution in [-0.2, 0) is 4.79 Å². The van der Waals surface area contributed by atoms with Gasteiger partial charge in [-0.05, 0) is 57.1 Å². The number of hydrogen-bond acceptors (Lipinski definition) is 5. The highest BCUT2D eigenvalue weighted by Gasteiger charge is 2.26. The maximum Gasteiger partial charge on any atom is 0.223 e. The Balaban J connectivity index is 1.50. The molecule has 0 unspecified atom stereocenters. The van der Waals surface area contributed by atoms with Gasteiger partial charge in [-0.3, -0.25) is 4.79 Å². The van der Waals surface area contributed by atoms with Gasteiger partial charge in [0.05, 0.1) is 5.52 Å². The van der Waals surface area contributed by atoms with E-state index in [0.717, 1.165) is 75.3 Å². The number of anilines is 1. The molecule has 1 fully saturated rings. The maximum absolute atomic E-state index is 12.5. The first-order chi connectivity index (χ1) is 13.6. The number of carbonyl (C=O) groups excluding carboxylic acids is 1. The van der Waals surface area contributed by atoms with Crippen LogP contribution < -0.4 is 10.2 Å². The molecule has 3 rings (SSSR count). The van der Waals surface area contributed by atoms with E-state index in [9.17, 15) is 4.79 Å². The van der Waals surface area contributed by atoms with Crippen molar-refractivity contribution in [3.8, 4) is 0 Å². The Labute approximate surface area is 172 Å². The SMILES string of the molecule is CCN(CC)CCCNC(=O)C1CCN(c2ncnc3cc(Cl)ccc23)CC1. The molecule has 1 aromatic carbocycles. The largest absolute Gasteiger partial charge is 0.356 e. The molecular weight excluding hydrogens is 374 g/mol. The van der Waals surface area contributed by atoms with Crippen LogP contribution in [0.3, 0.4) is 0 Å². The van der Waals surface area contributed by atoms with Crippen LogP contribution in [0.4, 0.5) is 5.82 Å². The maximum atomic E-state index is 12.5. The van der Waals surface area contributed by atoms with E-state index in [0.29, 0.717) is 5.02 Å². The van der Waals surface area contributed by atoms with E-state index in [1.807, 2.05) is 18.2 Å². The van der Waals surface area contributed by atoms with E-state index in [2.05, 4.69) is 38.9 Å². The van der Waals surface area contributed by atoms with Crippen LogP contribution in [0.15, 0.2) is 24.5 Å². The summed E-state index contributed by atoms with van der Waals surface area (Å²) in [4.78, 5) is 25.9. The highest BCUT2D eigenvalue weighted by atomic mass is 35.5. The summed E-state index contributed by atoms with van der Waals surface area (Å²) >= 11 is 6.08. The van der Waals surface area contributed by atoms with Crippen molar-refractivity contribution in [1.82, 2.24) is 20.2 Å². The van der Waals surface area contributed by atoms with Crippen LogP contribution >= 0.6 is 11.6 Å². The first kappa shape index (κ1) is 20.8. The van der Waals surface area contributed by atoms with Crippen LogP contribution in [0.2, 0.25) is 5.02 Å². The van der Waals surface area contributed by atoms with Crippen molar-refractivity contribution in [3.05, 3.63) is 29.5 Å². The molecule has 1 aromatic heterocycles. The average molecular weight is 404 g/mol. The van der Waals surface area contributed by atoms with Crippen LogP contribution in [0, 0.1) is 5.92 Å². The molecule has 2 heterocycles. The molecule has 0 radical (unpaired) electrons. The van der Waals surface area contributed by atoms with Gasteiger partial charge in [0.15, 0.2) is 0 Å². The Morgan fingerprint density at radius 2 is 2.00 bits per heavy atom. The summed E-state index contributed by atoms with van der Waals surface area (Å²) in [5, 5.41) is 4.80. The number of piperidine rings is 1. The summed E-state index contributed by atoms with van der Waals surface area (Å²) in [6, 6.07) is 5.71. The van der Waals surface area contributed by atoms with Crippen molar-refractivity contribution in [2.75, 3.05) is 44.2 Å². The third-order valence-electron chi connectivity index (χ3n) is 5.59. The number of halogens is 1. The lowest BCUT2D eigenvalue weighted by atomic mass is 9.95. The summed E-state index contributed by atoms with van der Waals surface area (Å²) in [5.74, 6) is 1.21. The minimum atomic E-state index is 0.0900. The van der Waals surface area contributed by atoms with Crippen molar-refractivity contribution < 1.29 is 4.79 Å². The first-order valence-electron chi connectivity index (χ1n) is 10.3. The topological polar surface area (TPSA) is 61.4 Å². The van der Waals surface area contributed by atoms with E-state index in [1.165, 1.54) is 0 Å². The Morgan fingerprint density at radius 1 is 1.25 bits per heavy atom.